The van der Waals surface area contributed by atoms with Gasteiger partial charge in [0.15, 0.2) is 0 Å². The van der Waals surface area contributed by atoms with Crippen molar-refractivity contribution in [3.8, 4) is 0 Å². The van der Waals surface area contributed by atoms with E-state index >= 15 is 0 Å². The van der Waals surface area contributed by atoms with E-state index in [4.69, 9.17) is 0 Å². The molecule has 1 N–H and O–H groups in total. The molecule has 0 radical (unpaired) electrons. The Balaban J connectivity index is 4.75. The van der Waals surface area contributed by atoms with E-state index in [-0.39, 0.29) is 5.92 Å². The number of carbonyl (C=O) groups excluding carboxylic acids is 1. The summed E-state index contributed by atoms with van der Waals surface area (Å²) >= 11 is 0. The molecular weight excluding hydrogens is 256 g/mol. The zero-order chi connectivity index (χ0) is 14.3. The third-order valence-electron chi connectivity index (χ3n) is 2.63. The average Bonchev–Trinajstić information content (AvgIpc) is 2.31. The van der Waals surface area contributed by atoms with Crippen LogP contribution in [0.15, 0.2) is 0 Å². The van der Waals surface area contributed by atoms with Crippen LogP contribution in [-0.4, -0.2) is 45.4 Å². The maximum atomic E-state index is 12.0. The largest absolute Gasteiger partial charge is 0.468 e. The predicted molar refractivity (Wildman–Crippen MR) is 70.2 cm³/mol. The van der Waals surface area contributed by atoms with E-state index < -0.39 is 22.2 Å². The number of hydrogen-bond acceptors (Lipinski definition) is 4. The third-order valence-corrected chi connectivity index (χ3v) is 4.19. The molecular formula is C11H24N2O4S. The van der Waals surface area contributed by atoms with Crippen molar-refractivity contribution in [1.29, 1.82) is 0 Å². The van der Waals surface area contributed by atoms with Gasteiger partial charge in [0.2, 0.25) is 0 Å². The summed E-state index contributed by atoms with van der Waals surface area (Å²) in [6, 6.07) is -0.857. The molecule has 0 aliphatic carbocycles. The lowest BCUT2D eigenvalue weighted by Gasteiger charge is -2.23. The van der Waals surface area contributed by atoms with Crippen LogP contribution in [0.5, 0.6) is 0 Å². The predicted octanol–water partition coefficient (Wildman–Crippen LogP) is 0.750. The molecule has 1 atom stereocenters. The maximum Gasteiger partial charge on any atom is 0.324 e. The van der Waals surface area contributed by atoms with Crippen LogP contribution in [0.4, 0.5) is 0 Å². The molecule has 0 saturated heterocycles. The van der Waals surface area contributed by atoms with Gasteiger partial charge in [-0.15, -0.1) is 0 Å². The van der Waals surface area contributed by atoms with Gasteiger partial charge in [0.1, 0.15) is 6.04 Å². The Morgan fingerprint density at radius 1 is 1.39 bits per heavy atom. The van der Waals surface area contributed by atoms with E-state index in [9.17, 15) is 13.2 Å². The molecule has 7 heteroatoms. The minimum Gasteiger partial charge on any atom is -0.468 e. The van der Waals surface area contributed by atoms with Gasteiger partial charge in [-0.2, -0.15) is 17.4 Å². The molecule has 0 amide bonds. The first kappa shape index (κ1) is 17.3. The van der Waals surface area contributed by atoms with Crippen LogP contribution in [0.25, 0.3) is 0 Å². The molecule has 6 nitrogen and oxygen atoms in total. The van der Waals surface area contributed by atoms with Gasteiger partial charge in [0.05, 0.1) is 7.11 Å². The molecule has 0 aromatic rings. The minimum atomic E-state index is -3.65. The summed E-state index contributed by atoms with van der Waals surface area (Å²) in [7, 11) is -0.914. The van der Waals surface area contributed by atoms with E-state index in [2.05, 4.69) is 9.46 Å². The molecule has 0 rings (SSSR count). The normalized spacial score (nSPS) is 13.9. The fraction of sp³-hybridized carbons (Fsp3) is 0.909. The van der Waals surface area contributed by atoms with Crippen LogP contribution < -0.4 is 4.72 Å². The second-order valence-electron chi connectivity index (χ2n) is 4.54. The van der Waals surface area contributed by atoms with Crippen molar-refractivity contribution in [2.45, 2.75) is 39.7 Å². The van der Waals surface area contributed by atoms with Gasteiger partial charge in [-0.25, -0.2) is 0 Å². The van der Waals surface area contributed by atoms with Crippen molar-refractivity contribution >= 4 is 16.2 Å². The summed E-state index contributed by atoms with van der Waals surface area (Å²) in [6.45, 7) is 5.93. The van der Waals surface area contributed by atoms with E-state index in [0.29, 0.717) is 6.54 Å². The fourth-order valence-electron chi connectivity index (χ4n) is 1.33. The molecule has 0 heterocycles. The number of nitrogens with one attached hydrogen (secondary N) is 1. The lowest BCUT2D eigenvalue weighted by molar-refractivity contribution is -0.143. The molecule has 0 aromatic carbocycles. The molecule has 0 spiro atoms. The number of esters is 1. The summed E-state index contributed by atoms with van der Waals surface area (Å²) in [5.74, 6) is -0.746. The third kappa shape index (κ3) is 5.32. The second-order valence-corrected chi connectivity index (χ2v) is 6.35. The highest BCUT2D eigenvalue weighted by atomic mass is 32.2. The van der Waals surface area contributed by atoms with Crippen molar-refractivity contribution in [3.63, 3.8) is 0 Å². The molecule has 0 fully saturated rings. The average molecular weight is 280 g/mol. The Labute approximate surface area is 110 Å². The summed E-state index contributed by atoms with van der Waals surface area (Å²) in [6.07, 6.45) is 1.69. The highest BCUT2D eigenvalue weighted by molar-refractivity contribution is 7.87. The highest BCUT2D eigenvalue weighted by Gasteiger charge is 2.29. The molecule has 0 aliphatic rings. The minimum absolute atomic E-state index is 0.174. The van der Waals surface area contributed by atoms with Crippen LogP contribution in [0, 0.1) is 5.92 Å². The van der Waals surface area contributed by atoms with Crippen LogP contribution in [0.1, 0.15) is 33.6 Å². The summed E-state index contributed by atoms with van der Waals surface area (Å²) < 4.78 is 32.1. The first-order chi connectivity index (χ1) is 8.26. The Hall–Kier alpha value is -0.660. The molecule has 1 unspecified atom stereocenters. The van der Waals surface area contributed by atoms with Crippen molar-refractivity contribution < 1.29 is 17.9 Å². The van der Waals surface area contributed by atoms with Crippen molar-refractivity contribution in [1.82, 2.24) is 9.03 Å². The van der Waals surface area contributed by atoms with Gasteiger partial charge in [0, 0.05) is 13.6 Å². The zero-order valence-corrected chi connectivity index (χ0v) is 12.6. The number of nitrogens with zero attached hydrogens (tertiary/aromatic N) is 1. The summed E-state index contributed by atoms with van der Waals surface area (Å²) in [4.78, 5) is 11.5. The Bertz CT molecular complexity index is 354. The zero-order valence-electron chi connectivity index (χ0n) is 11.8. The van der Waals surface area contributed by atoms with Gasteiger partial charge in [-0.1, -0.05) is 27.2 Å². The molecule has 18 heavy (non-hydrogen) atoms. The van der Waals surface area contributed by atoms with Crippen LogP contribution in [-0.2, 0) is 19.7 Å². The maximum absolute atomic E-state index is 12.0. The molecule has 108 valence electrons. The molecule has 0 aliphatic heterocycles. The second kappa shape index (κ2) is 7.70. The number of hydrogen-bond donors (Lipinski definition) is 1. The lowest BCUT2D eigenvalue weighted by Crippen LogP contribution is -2.50. The fourth-order valence-corrected chi connectivity index (χ4v) is 2.57. The van der Waals surface area contributed by atoms with E-state index in [1.807, 2.05) is 6.92 Å². The van der Waals surface area contributed by atoms with Crippen molar-refractivity contribution in [3.05, 3.63) is 0 Å². The molecule has 0 aromatic heterocycles. The van der Waals surface area contributed by atoms with Crippen LogP contribution in [0.2, 0.25) is 0 Å². The first-order valence-corrected chi connectivity index (χ1v) is 7.51. The van der Waals surface area contributed by atoms with Gasteiger partial charge in [-0.3, -0.25) is 4.79 Å². The SMILES string of the molecule is CCCCN(C)S(=O)(=O)NC(C(=O)OC)C(C)C. The number of methoxy groups -OCH3 is 1. The first-order valence-electron chi connectivity index (χ1n) is 6.07. The van der Waals surface area contributed by atoms with E-state index in [1.54, 1.807) is 13.8 Å². The topological polar surface area (TPSA) is 75.7 Å². The van der Waals surface area contributed by atoms with Crippen molar-refractivity contribution in [2.24, 2.45) is 5.92 Å². The Morgan fingerprint density at radius 2 is 1.94 bits per heavy atom. The van der Waals surface area contributed by atoms with E-state index in [0.717, 1.165) is 12.8 Å². The van der Waals surface area contributed by atoms with Crippen molar-refractivity contribution in [2.75, 3.05) is 20.7 Å². The molecule has 0 bridgehead atoms. The number of ether oxygens (including phenoxy) is 1. The molecule has 0 saturated carbocycles. The number of unbranched alkanes of at least 4 members (excludes halogenated alkanes) is 1. The lowest BCUT2D eigenvalue weighted by atomic mass is 10.1. The van der Waals surface area contributed by atoms with Crippen LogP contribution >= 0.6 is 0 Å². The summed E-state index contributed by atoms with van der Waals surface area (Å²) in [5.41, 5.74) is 0. The summed E-state index contributed by atoms with van der Waals surface area (Å²) in [5, 5.41) is 0. The monoisotopic (exact) mass is 280 g/mol. The Kier molecular flexibility index (Phi) is 7.42. The van der Waals surface area contributed by atoms with Gasteiger partial charge in [0.25, 0.3) is 10.2 Å². The van der Waals surface area contributed by atoms with Gasteiger partial charge >= 0.3 is 5.97 Å². The highest BCUT2D eigenvalue weighted by Crippen LogP contribution is 2.07. The standard InChI is InChI=1S/C11H24N2O4S/c1-6-7-8-13(4)18(15,16)12-10(9(2)3)11(14)17-5/h9-10,12H,6-8H2,1-5H3. The van der Waals surface area contributed by atoms with Gasteiger partial charge < -0.3 is 4.74 Å². The van der Waals surface area contributed by atoms with Gasteiger partial charge in [-0.05, 0) is 12.3 Å². The number of rotatable bonds is 8. The van der Waals surface area contributed by atoms with E-state index in [1.165, 1.54) is 18.5 Å². The van der Waals surface area contributed by atoms with Crippen LogP contribution in [0.3, 0.4) is 0 Å². The Morgan fingerprint density at radius 3 is 2.33 bits per heavy atom. The number of carbonyl (C=O) groups is 1. The quantitative estimate of drug-likeness (QED) is 0.666. The smallest absolute Gasteiger partial charge is 0.324 e.